The van der Waals surface area contributed by atoms with Crippen LogP contribution in [0.2, 0.25) is 0 Å². The summed E-state index contributed by atoms with van der Waals surface area (Å²) in [4.78, 5) is 0. The second-order valence-corrected chi connectivity index (χ2v) is 3.97. The molecule has 0 aliphatic rings. The summed E-state index contributed by atoms with van der Waals surface area (Å²) in [5, 5.41) is 16.7. The molecular formula is C11H21N3O. The summed E-state index contributed by atoms with van der Waals surface area (Å²) in [7, 11) is 0. The van der Waals surface area contributed by atoms with Crippen LogP contribution >= 0.6 is 0 Å². The molecule has 0 spiro atoms. The van der Waals surface area contributed by atoms with E-state index >= 15 is 0 Å². The van der Waals surface area contributed by atoms with Crippen molar-refractivity contribution < 1.29 is 5.11 Å². The molecule has 0 aliphatic carbocycles. The molecule has 0 aliphatic heterocycles. The lowest BCUT2D eigenvalue weighted by Gasteiger charge is -2.15. The van der Waals surface area contributed by atoms with Gasteiger partial charge in [-0.1, -0.05) is 33.1 Å². The van der Waals surface area contributed by atoms with Crippen LogP contribution in [0.1, 0.15) is 45.4 Å². The van der Waals surface area contributed by atoms with Gasteiger partial charge in [0.05, 0.1) is 0 Å². The Hall–Kier alpha value is -0.900. The molecule has 0 saturated carbocycles. The Morgan fingerprint density at radius 1 is 1.47 bits per heavy atom. The smallest absolute Gasteiger partial charge is 0.158 e. The van der Waals surface area contributed by atoms with E-state index in [1.807, 2.05) is 4.57 Å². The Morgan fingerprint density at radius 2 is 2.27 bits per heavy atom. The van der Waals surface area contributed by atoms with E-state index in [0.717, 1.165) is 6.54 Å². The monoisotopic (exact) mass is 211 g/mol. The van der Waals surface area contributed by atoms with Gasteiger partial charge in [-0.25, -0.2) is 0 Å². The average molecular weight is 211 g/mol. The van der Waals surface area contributed by atoms with E-state index in [1.54, 1.807) is 6.33 Å². The molecule has 0 aromatic carbocycles. The molecule has 0 saturated heterocycles. The first-order valence-electron chi connectivity index (χ1n) is 5.79. The Morgan fingerprint density at radius 3 is 2.87 bits per heavy atom. The molecule has 86 valence electrons. The maximum absolute atomic E-state index is 9.05. The van der Waals surface area contributed by atoms with Gasteiger partial charge in [-0.15, -0.1) is 10.2 Å². The minimum atomic E-state index is -0.0236. The first-order chi connectivity index (χ1) is 7.31. The Balaban J connectivity index is 2.50. The third kappa shape index (κ3) is 3.63. The van der Waals surface area contributed by atoms with Gasteiger partial charge in [-0.05, 0) is 12.3 Å². The van der Waals surface area contributed by atoms with Crippen LogP contribution in [-0.2, 0) is 13.2 Å². The summed E-state index contributed by atoms with van der Waals surface area (Å²) in [6, 6.07) is 0. The van der Waals surface area contributed by atoms with Crippen LogP contribution in [-0.4, -0.2) is 19.9 Å². The number of hydrogen-bond acceptors (Lipinski definition) is 3. The minimum Gasteiger partial charge on any atom is -0.388 e. The van der Waals surface area contributed by atoms with Gasteiger partial charge in [0, 0.05) is 6.54 Å². The largest absolute Gasteiger partial charge is 0.388 e. The number of aliphatic hydroxyl groups is 1. The van der Waals surface area contributed by atoms with Crippen LogP contribution < -0.4 is 0 Å². The Bertz CT molecular complexity index is 273. The average Bonchev–Trinajstić information content (AvgIpc) is 2.71. The highest BCUT2D eigenvalue weighted by Crippen LogP contribution is 2.15. The maximum atomic E-state index is 9.05. The van der Waals surface area contributed by atoms with E-state index in [2.05, 4.69) is 24.0 Å². The van der Waals surface area contributed by atoms with Crippen molar-refractivity contribution in [1.29, 1.82) is 0 Å². The molecule has 1 unspecified atom stereocenters. The SMILES string of the molecule is CCCCC(CC)Cn1cnnc1CO. The van der Waals surface area contributed by atoms with Crippen LogP contribution in [0.4, 0.5) is 0 Å². The second-order valence-electron chi connectivity index (χ2n) is 3.97. The molecule has 15 heavy (non-hydrogen) atoms. The highest BCUT2D eigenvalue weighted by molar-refractivity contribution is 4.83. The van der Waals surface area contributed by atoms with Crippen molar-refractivity contribution in [1.82, 2.24) is 14.8 Å². The van der Waals surface area contributed by atoms with Gasteiger partial charge in [0.1, 0.15) is 12.9 Å². The predicted molar refractivity (Wildman–Crippen MR) is 59.3 cm³/mol. The van der Waals surface area contributed by atoms with E-state index < -0.39 is 0 Å². The van der Waals surface area contributed by atoms with Crippen molar-refractivity contribution in [3.63, 3.8) is 0 Å². The fourth-order valence-electron chi connectivity index (χ4n) is 1.75. The summed E-state index contributed by atoms with van der Waals surface area (Å²) < 4.78 is 1.96. The molecule has 0 radical (unpaired) electrons. The van der Waals surface area contributed by atoms with E-state index in [1.165, 1.54) is 25.7 Å². The van der Waals surface area contributed by atoms with Crippen molar-refractivity contribution in [3.05, 3.63) is 12.2 Å². The quantitative estimate of drug-likeness (QED) is 0.750. The molecule has 1 rings (SSSR count). The van der Waals surface area contributed by atoms with Gasteiger partial charge in [-0.2, -0.15) is 0 Å². The molecule has 1 atom stereocenters. The first kappa shape index (κ1) is 12.2. The van der Waals surface area contributed by atoms with Crippen molar-refractivity contribution in [3.8, 4) is 0 Å². The van der Waals surface area contributed by atoms with E-state index in [4.69, 9.17) is 5.11 Å². The van der Waals surface area contributed by atoms with Crippen molar-refractivity contribution in [2.24, 2.45) is 5.92 Å². The fraction of sp³-hybridized carbons (Fsp3) is 0.818. The number of unbranched alkanes of at least 4 members (excludes halogenated alkanes) is 1. The summed E-state index contributed by atoms with van der Waals surface area (Å²) in [6.07, 6.45) is 6.64. The molecule has 1 N–H and O–H groups in total. The lowest BCUT2D eigenvalue weighted by molar-refractivity contribution is 0.259. The molecule has 1 heterocycles. The van der Waals surface area contributed by atoms with Crippen LogP contribution in [0, 0.1) is 5.92 Å². The van der Waals surface area contributed by atoms with Crippen molar-refractivity contribution >= 4 is 0 Å². The number of nitrogens with zero attached hydrogens (tertiary/aromatic N) is 3. The van der Waals surface area contributed by atoms with Crippen LogP contribution in [0.25, 0.3) is 0 Å². The summed E-state index contributed by atoms with van der Waals surface area (Å²) in [6.45, 7) is 5.33. The molecule has 4 nitrogen and oxygen atoms in total. The third-order valence-electron chi connectivity index (χ3n) is 2.84. The standard InChI is InChI=1S/C11H21N3O/c1-3-5-6-10(4-2)7-14-9-12-13-11(14)8-15/h9-10,15H,3-8H2,1-2H3. The zero-order valence-electron chi connectivity index (χ0n) is 9.69. The van der Waals surface area contributed by atoms with E-state index in [9.17, 15) is 0 Å². The summed E-state index contributed by atoms with van der Waals surface area (Å²) in [5.41, 5.74) is 0. The molecule has 0 bridgehead atoms. The highest BCUT2D eigenvalue weighted by atomic mass is 16.3. The van der Waals surface area contributed by atoms with Gasteiger partial charge < -0.3 is 9.67 Å². The van der Waals surface area contributed by atoms with Gasteiger partial charge in [0.25, 0.3) is 0 Å². The van der Waals surface area contributed by atoms with Gasteiger partial charge in [0.2, 0.25) is 0 Å². The Labute approximate surface area is 91.3 Å². The summed E-state index contributed by atoms with van der Waals surface area (Å²) >= 11 is 0. The Kier molecular flexibility index (Phi) is 5.32. The number of rotatable bonds is 7. The topological polar surface area (TPSA) is 50.9 Å². The van der Waals surface area contributed by atoms with Gasteiger partial charge in [0.15, 0.2) is 5.82 Å². The van der Waals surface area contributed by atoms with E-state index in [-0.39, 0.29) is 6.61 Å². The van der Waals surface area contributed by atoms with Crippen LogP contribution in [0.15, 0.2) is 6.33 Å². The number of hydrogen-bond donors (Lipinski definition) is 1. The lowest BCUT2D eigenvalue weighted by Crippen LogP contribution is -2.12. The lowest BCUT2D eigenvalue weighted by atomic mass is 9.99. The number of aromatic nitrogens is 3. The normalized spacial score (nSPS) is 13.0. The van der Waals surface area contributed by atoms with Crippen molar-refractivity contribution in [2.45, 2.75) is 52.7 Å². The molecule has 1 aromatic heterocycles. The second kappa shape index (κ2) is 6.56. The van der Waals surface area contributed by atoms with Crippen LogP contribution in [0.5, 0.6) is 0 Å². The molecule has 0 amide bonds. The maximum Gasteiger partial charge on any atom is 0.158 e. The minimum absolute atomic E-state index is 0.0236. The van der Waals surface area contributed by atoms with Gasteiger partial charge in [-0.3, -0.25) is 0 Å². The predicted octanol–water partition coefficient (Wildman–Crippen LogP) is 1.99. The fourth-order valence-corrected chi connectivity index (χ4v) is 1.75. The third-order valence-corrected chi connectivity index (χ3v) is 2.84. The molecular weight excluding hydrogens is 190 g/mol. The highest BCUT2D eigenvalue weighted by Gasteiger charge is 2.09. The van der Waals surface area contributed by atoms with Gasteiger partial charge >= 0.3 is 0 Å². The zero-order valence-corrected chi connectivity index (χ0v) is 9.69. The van der Waals surface area contributed by atoms with Crippen LogP contribution in [0.3, 0.4) is 0 Å². The van der Waals surface area contributed by atoms with E-state index in [0.29, 0.717) is 11.7 Å². The molecule has 0 fully saturated rings. The zero-order chi connectivity index (χ0) is 11.1. The first-order valence-corrected chi connectivity index (χ1v) is 5.79. The van der Waals surface area contributed by atoms with Crippen molar-refractivity contribution in [2.75, 3.05) is 0 Å². The molecule has 1 aromatic rings. The summed E-state index contributed by atoms with van der Waals surface area (Å²) in [5.74, 6) is 1.34. The number of aliphatic hydroxyl groups excluding tert-OH is 1. The molecule has 4 heteroatoms.